The molecule has 0 aliphatic carbocycles. The van der Waals surface area contributed by atoms with Crippen molar-refractivity contribution in [3.05, 3.63) is 29.3 Å². The van der Waals surface area contributed by atoms with Crippen molar-refractivity contribution in [2.75, 3.05) is 0 Å². The highest BCUT2D eigenvalue weighted by Gasteiger charge is 2.24. The molecule has 2 aromatic carbocycles. The van der Waals surface area contributed by atoms with Gasteiger partial charge in [-0.25, -0.2) is 4.79 Å². The summed E-state index contributed by atoms with van der Waals surface area (Å²) in [4.78, 5) is 11.2. The van der Waals surface area contributed by atoms with Crippen LogP contribution in [0, 0.1) is 0 Å². The summed E-state index contributed by atoms with van der Waals surface area (Å²) >= 11 is 0. The van der Waals surface area contributed by atoms with Crippen molar-refractivity contribution in [3.8, 4) is 17.2 Å². The number of aromatic carboxylic acids is 1. The second kappa shape index (κ2) is 4.30. The zero-order valence-corrected chi connectivity index (χ0v) is 11.4. The number of carboxylic acid groups (broad SMARTS) is 1. The van der Waals surface area contributed by atoms with Crippen LogP contribution in [0.15, 0.2) is 18.2 Å². The van der Waals surface area contributed by atoms with Crippen LogP contribution in [-0.2, 0) is 5.41 Å². The predicted octanol–water partition coefficient (Wildman–Crippen LogP) is 2.95. The number of hydrogen-bond acceptors (Lipinski definition) is 4. The summed E-state index contributed by atoms with van der Waals surface area (Å²) in [6, 6.07) is 4.89. The third kappa shape index (κ3) is 2.01. The first-order chi connectivity index (χ1) is 9.14. The summed E-state index contributed by atoms with van der Waals surface area (Å²) in [5.74, 6) is -3.54. The molecule has 2 rings (SSSR count). The van der Waals surface area contributed by atoms with Crippen molar-refractivity contribution in [3.63, 3.8) is 0 Å². The zero-order chi connectivity index (χ0) is 15.2. The van der Waals surface area contributed by atoms with E-state index in [0.717, 1.165) is 5.56 Å². The monoisotopic (exact) mass is 276 g/mol. The number of fused-ring (bicyclic) bond motifs is 1. The van der Waals surface area contributed by atoms with Crippen molar-refractivity contribution < 1.29 is 25.2 Å². The first-order valence-electron chi connectivity index (χ1n) is 6.09. The third-order valence-corrected chi connectivity index (χ3v) is 3.31. The van der Waals surface area contributed by atoms with E-state index in [2.05, 4.69) is 0 Å². The molecule has 0 spiro atoms. The molecule has 0 amide bonds. The maximum absolute atomic E-state index is 11.2. The van der Waals surface area contributed by atoms with Gasteiger partial charge in [-0.05, 0) is 17.0 Å². The fraction of sp³-hybridized carbons (Fsp3) is 0.267. The van der Waals surface area contributed by atoms with Crippen molar-refractivity contribution in [2.45, 2.75) is 26.2 Å². The summed E-state index contributed by atoms with van der Waals surface area (Å²) in [6.07, 6.45) is 0. The number of hydrogen-bond donors (Lipinski definition) is 4. The summed E-state index contributed by atoms with van der Waals surface area (Å²) < 4.78 is 0. The van der Waals surface area contributed by atoms with Crippen molar-refractivity contribution >= 4 is 16.7 Å². The van der Waals surface area contributed by atoms with Gasteiger partial charge in [-0.3, -0.25) is 0 Å². The summed E-state index contributed by atoms with van der Waals surface area (Å²) in [7, 11) is 0. The van der Waals surface area contributed by atoms with Crippen molar-refractivity contribution in [1.29, 1.82) is 0 Å². The lowest BCUT2D eigenvalue weighted by molar-refractivity contribution is 0.0695. The molecular weight excluding hydrogens is 260 g/mol. The first-order valence-corrected chi connectivity index (χ1v) is 6.09. The van der Waals surface area contributed by atoms with Gasteiger partial charge in [0.25, 0.3) is 0 Å². The van der Waals surface area contributed by atoms with E-state index in [1.54, 1.807) is 12.1 Å². The van der Waals surface area contributed by atoms with Gasteiger partial charge in [0, 0.05) is 10.8 Å². The second-order valence-corrected chi connectivity index (χ2v) is 5.74. The lowest BCUT2D eigenvalue weighted by Crippen LogP contribution is -2.11. The van der Waals surface area contributed by atoms with Gasteiger partial charge in [0.05, 0.1) is 0 Å². The average molecular weight is 276 g/mol. The summed E-state index contributed by atoms with van der Waals surface area (Å²) in [5.41, 5.74) is 0.259. The van der Waals surface area contributed by atoms with Crippen LogP contribution in [0.3, 0.4) is 0 Å². The van der Waals surface area contributed by atoms with Crippen molar-refractivity contribution in [1.82, 2.24) is 0 Å². The molecule has 2 aromatic rings. The lowest BCUT2D eigenvalue weighted by Gasteiger charge is -2.20. The molecule has 4 N–H and O–H groups in total. The molecular formula is C15H16O5. The van der Waals surface area contributed by atoms with Gasteiger partial charge in [0.1, 0.15) is 5.56 Å². The number of rotatable bonds is 1. The van der Waals surface area contributed by atoms with Gasteiger partial charge in [-0.2, -0.15) is 0 Å². The Morgan fingerprint density at radius 1 is 0.950 bits per heavy atom. The molecule has 0 atom stereocenters. The number of carboxylic acids is 1. The highest BCUT2D eigenvalue weighted by molar-refractivity contribution is 6.09. The fourth-order valence-corrected chi connectivity index (χ4v) is 2.13. The van der Waals surface area contributed by atoms with Crippen LogP contribution >= 0.6 is 0 Å². The van der Waals surface area contributed by atoms with Gasteiger partial charge in [-0.15, -0.1) is 0 Å². The summed E-state index contributed by atoms with van der Waals surface area (Å²) in [6.45, 7) is 5.93. The number of phenols is 3. The van der Waals surface area contributed by atoms with Gasteiger partial charge in [0.15, 0.2) is 11.5 Å². The zero-order valence-electron chi connectivity index (χ0n) is 11.4. The topological polar surface area (TPSA) is 98.0 Å². The number of phenolic OH excluding ortho intramolecular Hbond substituents is 2. The lowest BCUT2D eigenvalue weighted by atomic mass is 9.85. The average Bonchev–Trinajstić information content (AvgIpc) is 2.34. The van der Waals surface area contributed by atoms with Gasteiger partial charge < -0.3 is 20.4 Å². The predicted molar refractivity (Wildman–Crippen MR) is 74.6 cm³/mol. The Labute approximate surface area is 115 Å². The molecule has 0 saturated carbocycles. The molecule has 20 heavy (non-hydrogen) atoms. The Morgan fingerprint density at radius 2 is 1.55 bits per heavy atom. The Morgan fingerprint density at radius 3 is 2.05 bits per heavy atom. The molecule has 0 aliphatic heterocycles. The van der Waals surface area contributed by atoms with E-state index in [9.17, 15) is 20.1 Å². The van der Waals surface area contributed by atoms with E-state index >= 15 is 0 Å². The molecule has 0 bridgehead atoms. The molecule has 0 radical (unpaired) electrons. The standard InChI is InChI=1S/C15H16O5/c1-15(2,3)7-4-5-8-9(6-7)11(16)13(18)12(17)10(8)14(19)20/h4-6,16-18H,1-3H3,(H,19,20). The number of aromatic hydroxyl groups is 3. The largest absolute Gasteiger partial charge is 0.504 e. The maximum atomic E-state index is 11.2. The van der Waals surface area contributed by atoms with E-state index in [1.807, 2.05) is 20.8 Å². The van der Waals surface area contributed by atoms with Crippen LogP contribution in [0.1, 0.15) is 36.7 Å². The molecule has 0 aliphatic rings. The molecule has 0 saturated heterocycles. The third-order valence-electron chi connectivity index (χ3n) is 3.31. The van der Waals surface area contributed by atoms with E-state index in [1.165, 1.54) is 6.07 Å². The SMILES string of the molecule is CC(C)(C)c1ccc2c(C(=O)O)c(O)c(O)c(O)c2c1. The van der Waals surface area contributed by atoms with Crippen LogP contribution in [0.5, 0.6) is 17.2 Å². The Balaban J connectivity index is 2.94. The maximum Gasteiger partial charge on any atom is 0.340 e. The highest BCUT2D eigenvalue weighted by Crippen LogP contribution is 2.45. The van der Waals surface area contributed by atoms with Gasteiger partial charge in [-0.1, -0.05) is 32.9 Å². The van der Waals surface area contributed by atoms with E-state index in [4.69, 9.17) is 5.11 Å². The molecule has 5 nitrogen and oxygen atoms in total. The Hall–Kier alpha value is -2.43. The first kappa shape index (κ1) is 14.0. The Bertz CT molecular complexity index is 711. The minimum Gasteiger partial charge on any atom is -0.504 e. The van der Waals surface area contributed by atoms with Crippen LogP contribution in [0.2, 0.25) is 0 Å². The molecule has 106 valence electrons. The van der Waals surface area contributed by atoms with E-state index in [-0.39, 0.29) is 16.2 Å². The minimum absolute atomic E-state index is 0.179. The van der Waals surface area contributed by atoms with Crippen molar-refractivity contribution in [2.24, 2.45) is 0 Å². The normalized spacial score (nSPS) is 11.8. The van der Waals surface area contributed by atoms with Crippen LogP contribution in [-0.4, -0.2) is 26.4 Å². The smallest absolute Gasteiger partial charge is 0.340 e. The molecule has 0 unspecified atom stereocenters. The highest BCUT2D eigenvalue weighted by atomic mass is 16.4. The van der Waals surface area contributed by atoms with Crippen LogP contribution in [0.25, 0.3) is 10.8 Å². The number of benzene rings is 2. The van der Waals surface area contributed by atoms with E-state index < -0.39 is 28.8 Å². The fourth-order valence-electron chi connectivity index (χ4n) is 2.13. The molecule has 0 fully saturated rings. The molecule has 0 heterocycles. The number of carbonyl (C=O) groups is 1. The van der Waals surface area contributed by atoms with Crippen LogP contribution < -0.4 is 0 Å². The molecule has 0 aromatic heterocycles. The van der Waals surface area contributed by atoms with Gasteiger partial charge >= 0.3 is 5.97 Å². The van der Waals surface area contributed by atoms with E-state index in [0.29, 0.717) is 0 Å². The minimum atomic E-state index is -1.37. The van der Waals surface area contributed by atoms with Gasteiger partial charge in [0.2, 0.25) is 5.75 Å². The summed E-state index contributed by atoms with van der Waals surface area (Å²) in [5, 5.41) is 38.8. The second-order valence-electron chi connectivity index (χ2n) is 5.74. The molecule has 5 heteroatoms. The van der Waals surface area contributed by atoms with Crippen LogP contribution in [0.4, 0.5) is 0 Å². The quantitative estimate of drug-likeness (QED) is 0.600. The Kier molecular flexibility index (Phi) is 3.01.